The van der Waals surface area contributed by atoms with Crippen LogP contribution in [-0.4, -0.2) is 48.8 Å². The average molecular weight is 437 g/mol. The van der Waals surface area contributed by atoms with E-state index in [-0.39, 0.29) is 23.5 Å². The Morgan fingerprint density at radius 3 is 2.22 bits per heavy atom. The van der Waals surface area contributed by atoms with Crippen molar-refractivity contribution in [3.05, 3.63) is 59.9 Å². The Morgan fingerprint density at radius 1 is 1.00 bits per heavy atom. The molecule has 5 heteroatoms. The number of rotatable bonds is 5. The first kappa shape index (κ1) is 22.5. The van der Waals surface area contributed by atoms with E-state index in [2.05, 4.69) is 0 Å². The second kappa shape index (κ2) is 9.43. The Morgan fingerprint density at radius 2 is 1.62 bits per heavy atom. The lowest BCUT2D eigenvalue weighted by atomic mass is 9.72. The molecule has 32 heavy (non-hydrogen) atoms. The van der Waals surface area contributed by atoms with Gasteiger partial charge in [0.05, 0.1) is 5.41 Å². The fourth-order valence-corrected chi connectivity index (χ4v) is 5.41. The molecule has 2 aromatic rings. The number of halogens is 1. The van der Waals surface area contributed by atoms with Crippen molar-refractivity contribution in [1.29, 1.82) is 0 Å². The summed E-state index contributed by atoms with van der Waals surface area (Å²) < 4.78 is 14.1. The van der Waals surface area contributed by atoms with Gasteiger partial charge in [0.1, 0.15) is 5.82 Å². The highest BCUT2D eigenvalue weighted by Crippen LogP contribution is 2.38. The lowest BCUT2D eigenvalue weighted by Gasteiger charge is -2.42. The van der Waals surface area contributed by atoms with Crippen LogP contribution >= 0.6 is 0 Å². The van der Waals surface area contributed by atoms with Gasteiger partial charge in [-0.05, 0) is 49.3 Å². The number of amides is 2. The van der Waals surface area contributed by atoms with E-state index in [1.54, 1.807) is 31.1 Å². The Hall–Kier alpha value is -2.69. The molecule has 1 heterocycles. The quantitative estimate of drug-likeness (QED) is 0.667. The summed E-state index contributed by atoms with van der Waals surface area (Å²) in [6.45, 7) is 1.28. The van der Waals surface area contributed by atoms with Gasteiger partial charge in [-0.25, -0.2) is 4.39 Å². The van der Waals surface area contributed by atoms with E-state index in [9.17, 15) is 14.0 Å². The number of piperidine rings is 1. The zero-order valence-corrected chi connectivity index (χ0v) is 19.1. The number of benzene rings is 2. The second-order valence-corrected chi connectivity index (χ2v) is 9.64. The first-order chi connectivity index (χ1) is 15.4. The molecule has 4 nitrogen and oxygen atoms in total. The maximum absolute atomic E-state index is 14.1. The van der Waals surface area contributed by atoms with Crippen LogP contribution in [0.5, 0.6) is 0 Å². The Labute approximate surface area is 190 Å². The summed E-state index contributed by atoms with van der Waals surface area (Å²) in [5.74, 6) is 0.350. The fourth-order valence-electron chi connectivity index (χ4n) is 5.41. The Kier molecular flexibility index (Phi) is 6.63. The highest BCUT2D eigenvalue weighted by molar-refractivity contribution is 5.84. The van der Waals surface area contributed by atoms with Crippen LogP contribution in [0.25, 0.3) is 11.1 Å². The lowest BCUT2D eigenvalue weighted by molar-refractivity contribution is -0.147. The Bertz CT molecular complexity index is 956. The molecule has 1 aliphatic carbocycles. The molecule has 0 spiro atoms. The van der Waals surface area contributed by atoms with Crippen molar-refractivity contribution < 1.29 is 14.0 Å². The van der Waals surface area contributed by atoms with Crippen molar-refractivity contribution in [3.8, 4) is 11.1 Å². The number of likely N-dealkylation sites (tertiary alicyclic amines) is 1. The van der Waals surface area contributed by atoms with Gasteiger partial charge in [0.2, 0.25) is 11.8 Å². The van der Waals surface area contributed by atoms with Gasteiger partial charge in [0.25, 0.3) is 0 Å². The smallest absolute Gasteiger partial charge is 0.228 e. The van der Waals surface area contributed by atoms with Crippen LogP contribution in [0, 0.1) is 17.2 Å². The Balaban J connectivity index is 1.50. The monoisotopic (exact) mass is 436 g/mol. The van der Waals surface area contributed by atoms with Crippen LogP contribution in [0.15, 0.2) is 48.5 Å². The summed E-state index contributed by atoms with van der Waals surface area (Å²) in [4.78, 5) is 29.8. The number of nitrogens with zero attached hydrogens (tertiary/aromatic N) is 2. The zero-order valence-electron chi connectivity index (χ0n) is 19.1. The molecular formula is C27H33FN2O2. The van der Waals surface area contributed by atoms with Gasteiger partial charge in [-0.3, -0.25) is 9.59 Å². The second-order valence-electron chi connectivity index (χ2n) is 9.64. The minimum Gasteiger partial charge on any atom is -0.348 e. The minimum atomic E-state index is -0.504. The van der Waals surface area contributed by atoms with Crippen molar-refractivity contribution in [2.75, 3.05) is 27.2 Å². The summed E-state index contributed by atoms with van der Waals surface area (Å²) in [6, 6.07) is 14.6. The first-order valence-electron chi connectivity index (χ1n) is 11.7. The van der Waals surface area contributed by atoms with Crippen LogP contribution in [0.2, 0.25) is 0 Å². The maximum Gasteiger partial charge on any atom is 0.228 e. The van der Waals surface area contributed by atoms with Crippen LogP contribution in [0.1, 0.15) is 44.1 Å². The minimum absolute atomic E-state index is 0.128. The molecular weight excluding hydrogens is 403 g/mol. The highest BCUT2D eigenvalue weighted by Gasteiger charge is 2.43. The topological polar surface area (TPSA) is 40.6 Å². The zero-order chi connectivity index (χ0) is 22.7. The van der Waals surface area contributed by atoms with Gasteiger partial charge in [-0.15, -0.1) is 0 Å². The summed E-state index contributed by atoms with van der Waals surface area (Å²) in [5, 5.41) is 0. The largest absolute Gasteiger partial charge is 0.348 e. The molecule has 0 atom stereocenters. The van der Waals surface area contributed by atoms with Gasteiger partial charge in [-0.1, -0.05) is 55.3 Å². The third-order valence-electron chi connectivity index (χ3n) is 7.28. The van der Waals surface area contributed by atoms with E-state index in [0.29, 0.717) is 37.9 Å². The number of hydrogen-bond acceptors (Lipinski definition) is 2. The normalized spacial score (nSPS) is 18.5. The molecule has 1 saturated carbocycles. The van der Waals surface area contributed by atoms with Crippen LogP contribution < -0.4 is 0 Å². The third-order valence-corrected chi connectivity index (χ3v) is 7.28. The van der Waals surface area contributed by atoms with Crippen LogP contribution in [0.3, 0.4) is 0 Å². The van der Waals surface area contributed by atoms with E-state index >= 15 is 0 Å². The van der Waals surface area contributed by atoms with Crippen molar-refractivity contribution in [3.63, 3.8) is 0 Å². The van der Waals surface area contributed by atoms with E-state index in [0.717, 1.165) is 36.8 Å². The first-order valence-corrected chi connectivity index (χ1v) is 11.7. The molecule has 4 rings (SSSR count). The molecule has 0 N–H and O–H groups in total. The molecule has 1 aliphatic heterocycles. The molecule has 2 aliphatic rings. The molecule has 0 unspecified atom stereocenters. The van der Waals surface area contributed by atoms with E-state index < -0.39 is 5.41 Å². The lowest BCUT2D eigenvalue weighted by Crippen LogP contribution is -2.51. The predicted octanol–water partition coefficient (Wildman–Crippen LogP) is 4.92. The molecule has 0 bridgehead atoms. The number of carbonyl (C=O) groups is 2. The van der Waals surface area contributed by atoms with Crippen LogP contribution in [-0.2, 0) is 16.0 Å². The molecule has 0 radical (unpaired) electrons. The van der Waals surface area contributed by atoms with Crippen molar-refractivity contribution in [2.45, 2.75) is 44.9 Å². The molecule has 2 aromatic carbocycles. The highest BCUT2D eigenvalue weighted by atomic mass is 19.1. The summed E-state index contributed by atoms with van der Waals surface area (Å²) in [5.41, 5.74) is 1.97. The molecule has 1 saturated heterocycles. The SMILES string of the molecule is CN(C)C(=O)C1(Cc2ccc(-c3ccccc3F)cc2)CCN(C(=O)C2CCCC2)CC1. The average Bonchev–Trinajstić information content (AvgIpc) is 3.34. The van der Waals surface area contributed by atoms with Crippen molar-refractivity contribution in [1.82, 2.24) is 9.80 Å². The van der Waals surface area contributed by atoms with Gasteiger partial charge in [0.15, 0.2) is 0 Å². The summed E-state index contributed by atoms with van der Waals surface area (Å²) >= 11 is 0. The van der Waals surface area contributed by atoms with E-state index in [4.69, 9.17) is 0 Å². The van der Waals surface area contributed by atoms with E-state index in [1.165, 1.54) is 6.07 Å². The van der Waals surface area contributed by atoms with Crippen molar-refractivity contribution in [2.24, 2.45) is 11.3 Å². The molecule has 0 aromatic heterocycles. The van der Waals surface area contributed by atoms with Crippen LogP contribution in [0.4, 0.5) is 4.39 Å². The maximum atomic E-state index is 14.1. The number of carbonyl (C=O) groups excluding carboxylic acids is 2. The van der Waals surface area contributed by atoms with Gasteiger partial charge >= 0.3 is 0 Å². The number of hydrogen-bond donors (Lipinski definition) is 0. The fraction of sp³-hybridized carbons (Fsp3) is 0.481. The molecule has 170 valence electrons. The van der Waals surface area contributed by atoms with E-state index in [1.807, 2.05) is 35.2 Å². The summed E-state index contributed by atoms with van der Waals surface area (Å²) in [6.07, 6.45) is 6.30. The predicted molar refractivity (Wildman–Crippen MR) is 124 cm³/mol. The van der Waals surface area contributed by atoms with Crippen molar-refractivity contribution >= 4 is 11.8 Å². The molecule has 2 fully saturated rings. The van der Waals surface area contributed by atoms with Gasteiger partial charge < -0.3 is 9.80 Å². The third kappa shape index (κ3) is 4.57. The molecule has 2 amide bonds. The summed E-state index contributed by atoms with van der Waals surface area (Å²) in [7, 11) is 3.61. The van der Waals surface area contributed by atoms with Gasteiger partial charge in [0, 0.05) is 38.7 Å². The standard InChI is InChI=1S/C27H33FN2O2/c1-29(2)26(32)27(15-17-30(18-16-27)25(31)22-7-3-4-8-22)19-20-11-13-21(14-12-20)23-9-5-6-10-24(23)28/h5-6,9-14,22H,3-4,7-8,15-19H2,1-2H3. The van der Waals surface area contributed by atoms with Gasteiger partial charge in [-0.2, -0.15) is 0 Å².